The third-order valence-corrected chi connectivity index (χ3v) is 4.94. The number of thiazole rings is 1. The van der Waals surface area contributed by atoms with Gasteiger partial charge in [0.25, 0.3) is 0 Å². The Balaban J connectivity index is 1.85. The Morgan fingerprint density at radius 3 is 2.86 bits per heavy atom. The van der Waals surface area contributed by atoms with Crippen LogP contribution in [0.2, 0.25) is 0 Å². The van der Waals surface area contributed by atoms with Crippen LogP contribution >= 0.6 is 11.3 Å². The number of hydrogen-bond donors (Lipinski definition) is 1. The number of rotatable bonds is 4. The van der Waals surface area contributed by atoms with E-state index in [0.29, 0.717) is 13.0 Å². The highest BCUT2D eigenvalue weighted by atomic mass is 32.1. The maximum atomic E-state index is 12.0. The molecule has 21 heavy (non-hydrogen) atoms. The van der Waals surface area contributed by atoms with Crippen molar-refractivity contribution >= 4 is 22.4 Å². The summed E-state index contributed by atoms with van der Waals surface area (Å²) in [6.07, 6.45) is 3.96. The van der Waals surface area contributed by atoms with Gasteiger partial charge < -0.3 is 10.0 Å². The molecule has 1 aliphatic rings. The van der Waals surface area contributed by atoms with Crippen LogP contribution in [0.4, 0.5) is 5.13 Å². The summed E-state index contributed by atoms with van der Waals surface area (Å²) in [4.78, 5) is 18.4. The van der Waals surface area contributed by atoms with Crippen molar-refractivity contribution in [2.24, 2.45) is 5.41 Å². The number of aromatic nitrogens is 1. The van der Waals surface area contributed by atoms with Gasteiger partial charge in [-0.15, -0.1) is 11.3 Å². The molecule has 1 aromatic heterocycles. The Labute approximate surface area is 128 Å². The Bertz CT molecular complexity index is 600. The highest BCUT2D eigenvalue weighted by Crippen LogP contribution is 2.36. The molecule has 0 saturated carbocycles. The minimum Gasteiger partial charge on any atom is -0.481 e. The Morgan fingerprint density at radius 2 is 2.19 bits per heavy atom. The van der Waals surface area contributed by atoms with E-state index in [9.17, 15) is 9.90 Å². The van der Waals surface area contributed by atoms with E-state index in [2.05, 4.69) is 9.88 Å². The van der Waals surface area contributed by atoms with Crippen LogP contribution in [0.25, 0.3) is 0 Å². The first kappa shape index (κ1) is 14.1. The number of benzene rings is 1. The Hall–Kier alpha value is -1.88. The van der Waals surface area contributed by atoms with Crippen LogP contribution in [-0.4, -0.2) is 29.1 Å². The predicted octanol–water partition coefficient (Wildman–Crippen LogP) is 3.06. The highest BCUT2D eigenvalue weighted by molar-refractivity contribution is 7.13. The topological polar surface area (TPSA) is 53.4 Å². The lowest BCUT2D eigenvalue weighted by Crippen LogP contribution is -2.49. The van der Waals surface area contributed by atoms with E-state index >= 15 is 0 Å². The Kier molecular flexibility index (Phi) is 3.92. The van der Waals surface area contributed by atoms with Crippen LogP contribution in [0.5, 0.6) is 0 Å². The quantitative estimate of drug-likeness (QED) is 0.943. The molecule has 2 aromatic rings. The van der Waals surface area contributed by atoms with Gasteiger partial charge in [-0.05, 0) is 24.8 Å². The lowest BCUT2D eigenvalue weighted by molar-refractivity contribution is -0.149. The fourth-order valence-electron chi connectivity index (χ4n) is 3.05. The molecule has 5 heteroatoms. The van der Waals surface area contributed by atoms with Gasteiger partial charge in [0.05, 0.1) is 5.41 Å². The molecule has 0 amide bonds. The van der Waals surface area contributed by atoms with E-state index < -0.39 is 11.4 Å². The largest absolute Gasteiger partial charge is 0.481 e. The molecule has 0 aliphatic carbocycles. The van der Waals surface area contributed by atoms with Crippen LogP contribution in [0.1, 0.15) is 18.4 Å². The zero-order valence-corrected chi connectivity index (χ0v) is 12.6. The second kappa shape index (κ2) is 5.85. The van der Waals surface area contributed by atoms with Gasteiger partial charge in [0.1, 0.15) is 0 Å². The summed E-state index contributed by atoms with van der Waals surface area (Å²) in [6, 6.07) is 9.90. The summed E-state index contributed by atoms with van der Waals surface area (Å²) in [7, 11) is 0. The number of carboxylic acid groups (broad SMARTS) is 1. The fraction of sp³-hybridized carbons (Fsp3) is 0.375. The van der Waals surface area contributed by atoms with Gasteiger partial charge in [-0.3, -0.25) is 4.79 Å². The van der Waals surface area contributed by atoms with Crippen molar-refractivity contribution in [2.75, 3.05) is 18.0 Å². The summed E-state index contributed by atoms with van der Waals surface area (Å²) < 4.78 is 0. The van der Waals surface area contributed by atoms with Crippen LogP contribution in [0.15, 0.2) is 41.9 Å². The molecule has 1 atom stereocenters. The number of carbonyl (C=O) groups is 1. The zero-order valence-electron chi connectivity index (χ0n) is 11.7. The van der Waals surface area contributed by atoms with Crippen molar-refractivity contribution in [3.05, 3.63) is 47.5 Å². The van der Waals surface area contributed by atoms with Gasteiger partial charge in [0, 0.05) is 24.7 Å². The predicted molar refractivity (Wildman–Crippen MR) is 83.8 cm³/mol. The number of piperidine rings is 1. The van der Waals surface area contributed by atoms with Crippen LogP contribution < -0.4 is 4.90 Å². The molecule has 110 valence electrons. The van der Waals surface area contributed by atoms with Gasteiger partial charge in [-0.1, -0.05) is 30.3 Å². The van der Waals surface area contributed by atoms with E-state index in [1.54, 1.807) is 17.5 Å². The Morgan fingerprint density at radius 1 is 1.38 bits per heavy atom. The van der Waals surface area contributed by atoms with Gasteiger partial charge in [0.15, 0.2) is 5.13 Å². The first-order valence-electron chi connectivity index (χ1n) is 7.11. The van der Waals surface area contributed by atoms with Crippen molar-refractivity contribution < 1.29 is 9.90 Å². The van der Waals surface area contributed by atoms with E-state index in [4.69, 9.17) is 0 Å². The molecule has 3 rings (SSSR count). The first-order valence-corrected chi connectivity index (χ1v) is 7.99. The maximum Gasteiger partial charge on any atom is 0.311 e. The fourth-order valence-corrected chi connectivity index (χ4v) is 3.72. The van der Waals surface area contributed by atoms with E-state index in [-0.39, 0.29) is 0 Å². The second-order valence-electron chi connectivity index (χ2n) is 5.59. The minimum atomic E-state index is -0.717. The van der Waals surface area contributed by atoms with Gasteiger partial charge in [-0.2, -0.15) is 0 Å². The summed E-state index contributed by atoms with van der Waals surface area (Å²) in [5, 5.41) is 12.7. The summed E-state index contributed by atoms with van der Waals surface area (Å²) in [5.41, 5.74) is 0.367. The van der Waals surface area contributed by atoms with Crippen LogP contribution in [-0.2, 0) is 11.2 Å². The lowest BCUT2D eigenvalue weighted by Gasteiger charge is -2.40. The molecule has 4 nitrogen and oxygen atoms in total. The van der Waals surface area contributed by atoms with Crippen molar-refractivity contribution in [2.45, 2.75) is 19.3 Å². The van der Waals surface area contributed by atoms with Gasteiger partial charge in [0.2, 0.25) is 0 Å². The van der Waals surface area contributed by atoms with Crippen molar-refractivity contribution in [1.29, 1.82) is 0 Å². The minimum absolute atomic E-state index is 0.532. The van der Waals surface area contributed by atoms with Gasteiger partial charge in [-0.25, -0.2) is 4.98 Å². The number of nitrogens with zero attached hydrogens (tertiary/aromatic N) is 2. The zero-order chi connectivity index (χ0) is 14.7. The first-order chi connectivity index (χ1) is 10.2. The van der Waals surface area contributed by atoms with E-state index in [0.717, 1.165) is 30.1 Å². The monoisotopic (exact) mass is 302 g/mol. The average Bonchev–Trinajstić information content (AvgIpc) is 3.03. The number of aliphatic carboxylic acids is 1. The van der Waals surface area contributed by atoms with Crippen molar-refractivity contribution in [3.8, 4) is 0 Å². The molecule has 1 N–H and O–H groups in total. The molecule has 1 fully saturated rings. The number of hydrogen-bond acceptors (Lipinski definition) is 4. The second-order valence-corrected chi connectivity index (χ2v) is 6.46. The van der Waals surface area contributed by atoms with E-state index in [1.165, 1.54) is 0 Å². The third-order valence-electron chi connectivity index (χ3n) is 4.11. The molecule has 0 unspecified atom stereocenters. The van der Waals surface area contributed by atoms with Crippen LogP contribution in [0.3, 0.4) is 0 Å². The number of anilines is 1. The molecule has 2 heterocycles. The van der Waals surface area contributed by atoms with Crippen LogP contribution in [0, 0.1) is 5.41 Å². The van der Waals surface area contributed by atoms with E-state index in [1.807, 2.05) is 35.7 Å². The summed E-state index contributed by atoms with van der Waals surface area (Å²) in [6.45, 7) is 1.42. The van der Waals surface area contributed by atoms with Crippen molar-refractivity contribution in [1.82, 2.24) is 4.98 Å². The smallest absolute Gasteiger partial charge is 0.311 e. The summed E-state index contributed by atoms with van der Waals surface area (Å²) in [5.74, 6) is -0.701. The molecule has 0 radical (unpaired) electrons. The molecule has 1 aliphatic heterocycles. The number of carboxylic acids is 1. The lowest BCUT2D eigenvalue weighted by atomic mass is 9.75. The SMILES string of the molecule is O=C(O)[C@]1(Cc2ccccc2)CCCN(c2nccs2)C1. The molecular formula is C16H18N2O2S. The standard InChI is InChI=1S/C16H18N2O2S/c19-14(20)16(11-13-5-2-1-3-6-13)7-4-9-18(12-16)15-17-8-10-21-15/h1-3,5-6,8,10H,4,7,9,11-12H2,(H,19,20)/t16-/m0/s1. The molecule has 0 bridgehead atoms. The third kappa shape index (κ3) is 2.93. The normalized spacial score (nSPS) is 22.2. The van der Waals surface area contributed by atoms with Crippen molar-refractivity contribution in [3.63, 3.8) is 0 Å². The molecule has 0 spiro atoms. The average molecular weight is 302 g/mol. The maximum absolute atomic E-state index is 12.0. The highest BCUT2D eigenvalue weighted by Gasteiger charge is 2.43. The molecule has 1 saturated heterocycles. The molecule has 1 aromatic carbocycles. The molecular weight excluding hydrogens is 284 g/mol. The summed E-state index contributed by atoms with van der Waals surface area (Å²) >= 11 is 1.57. The van der Waals surface area contributed by atoms with Gasteiger partial charge >= 0.3 is 5.97 Å².